The summed E-state index contributed by atoms with van der Waals surface area (Å²) < 4.78 is 71.1. The quantitative estimate of drug-likeness (QED) is 0.150. The molecule has 0 aliphatic rings. The first kappa shape index (κ1) is 37.0. The van der Waals surface area contributed by atoms with Crippen molar-refractivity contribution in [1.82, 2.24) is 10.2 Å². The maximum Gasteiger partial charge on any atom is 0.416 e. The number of halogens is 5. The molecular weight excluding hydrogens is 731 g/mol. The molecule has 4 aromatic carbocycles. The van der Waals surface area contributed by atoms with Gasteiger partial charge in [0.1, 0.15) is 12.6 Å². The van der Waals surface area contributed by atoms with Gasteiger partial charge in [-0.3, -0.25) is 13.9 Å². The number of nitrogens with one attached hydrogen (secondary N) is 1. The standard InChI is InChI=1S/C35H34BrClF3N3O4S/c1-3-24(2)41-34(45)32(20-25-11-6-4-7-12-25)42(22-26-13-10-14-28(36)19-26)33(44)23-43(48(46,47)29-15-8-5-9-16-29)31-21-27(35(38,39)40)17-18-30(31)37/h4-19,21,24,32H,3,20,22-23H2,1-2H3,(H,41,45)/t24-,32-/m0/s1. The van der Waals surface area contributed by atoms with Gasteiger partial charge in [-0.05, 0) is 66.9 Å². The lowest BCUT2D eigenvalue weighted by atomic mass is 10.0. The molecule has 0 unspecified atom stereocenters. The van der Waals surface area contributed by atoms with Gasteiger partial charge in [-0.25, -0.2) is 8.42 Å². The number of nitrogens with zero attached hydrogens (tertiary/aromatic N) is 2. The fourth-order valence-electron chi connectivity index (χ4n) is 4.94. The molecule has 0 heterocycles. The highest BCUT2D eigenvalue weighted by Crippen LogP contribution is 2.37. The minimum atomic E-state index is -4.83. The number of hydrogen-bond donors (Lipinski definition) is 1. The van der Waals surface area contributed by atoms with E-state index in [0.29, 0.717) is 26.8 Å². The minimum Gasteiger partial charge on any atom is -0.352 e. The van der Waals surface area contributed by atoms with E-state index in [1.807, 2.05) is 19.9 Å². The first-order valence-corrected chi connectivity index (χ1v) is 17.6. The molecule has 2 atom stereocenters. The average molecular weight is 765 g/mol. The molecule has 0 saturated carbocycles. The summed E-state index contributed by atoms with van der Waals surface area (Å²) in [6.45, 7) is 2.65. The Balaban J connectivity index is 1.87. The molecule has 0 aliphatic heterocycles. The lowest BCUT2D eigenvalue weighted by Crippen LogP contribution is -2.54. The summed E-state index contributed by atoms with van der Waals surface area (Å²) in [5.74, 6) is -1.30. The summed E-state index contributed by atoms with van der Waals surface area (Å²) in [5.41, 5.74) is -0.316. The summed E-state index contributed by atoms with van der Waals surface area (Å²) in [6, 6.07) is 24.0. The van der Waals surface area contributed by atoms with Crippen LogP contribution in [-0.2, 0) is 38.8 Å². The molecule has 1 N–H and O–H groups in total. The van der Waals surface area contributed by atoms with Gasteiger partial charge in [0.05, 0.1) is 21.2 Å². The highest BCUT2D eigenvalue weighted by atomic mass is 79.9. The number of carbonyl (C=O) groups is 2. The Morgan fingerprint density at radius 2 is 1.52 bits per heavy atom. The largest absolute Gasteiger partial charge is 0.416 e. The molecular formula is C35H34BrClF3N3O4S. The van der Waals surface area contributed by atoms with Crippen molar-refractivity contribution in [2.24, 2.45) is 0 Å². The van der Waals surface area contributed by atoms with E-state index < -0.39 is 51.9 Å². The minimum absolute atomic E-state index is 0.0819. The zero-order valence-electron chi connectivity index (χ0n) is 26.1. The van der Waals surface area contributed by atoms with Crippen LogP contribution in [0, 0.1) is 0 Å². The van der Waals surface area contributed by atoms with Gasteiger partial charge >= 0.3 is 6.18 Å². The monoisotopic (exact) mass is 763 g/mol. The van der Waals surface area contributed by atoms with Crippen LogP contribution >= 0.6 is 27.5 Å². The van der Waals surface area contributed by atoms with Crippen molar-refractivity contribution in [2.45, 2.75) is 56.4 Å². The van der Waals surface area contributed by atoms with Crippen molar-refractivity contribution >= 4 is 55.1 Å². The molecule has 13 heteroatoms. The van der Waals surface area contributed by atoms with Crippen molar-refractivity contribution in [3.8, 4) is 0 Å². The van der Waals surface area contributed by atoms with Crippen molar-refractivity contribution in [3.63, 3.8) is 0 Å². The molecule has 0 aromatic heterocycles. The number of hydrogen-bond acceptors (Lipinski definition) is 4. The predicted molar refractivity (Wildman–Crippen MR) is 184 cm³/mol. The lowest BCUT2D eigenvalue weighted by molar-refractivity contribution is -0.140. The molecule has 0 bridgehead atoms. The number of alkyl halides is 3. The zero-order valence-corrected chi connectivity index (χ0v) is 29.3. The smallest absolute Gasteiger partial charge is 0.352 e. The summed E-state index contributed by atoms with van der Waals surface area (Å²) in [4.78, 5) is 29.5. The van der Waals surface area contributed by atoms with Gasteiger partial charge in [0.25, 0.3) is 10.0 Å². The molecule has 2 amide bonds. The molecule has 4 aromatic rings. The number of benzene rings is 4. The van der Waals surface area contributed by atoms with Crippen molar-refractivity contribution in [2.75, 3.05) is 10.8 Å². The van der Waals surface area contributed by atoms with Crippen LogP contribution in [0.4, 0.5) is 18.9 Å². The molecule has 0 radical (unpaired) electrons. The number of amides is 2. The third kappa shape index (κ3) is 9.39. The average Bonchev–Trinajstić information content (AvgIpc) is 3.05. The van der Waals surface area contributed by atoms with E-state index in [1.54, 1.807) is 54.6 Å². The second-order valence-electron chi connectivity index (χ2n) is 11.2. The van der Waals surface area contributed by atoms with E-state index in [-0.39, 0.29) is 28.9 Å². The van der Waals surface area contributed by atoms with Crippen LogP contribution < -0.4 is 9.62 Å². The van der Waals surface area contributed by atoms with E-state index in [1.165, 1.54) is 29.2 Å². The Hall–Kier alpha value is -3.87. The van der Waals surface area contributed by atoms with E-state index in [0.717, 1.165) is 17.7 Å². The van der Waals surface area contributed by atoms with Gasteiger partial charge in [-0.2, -0.15) is 13.2 Å². The van der Waals surface area contributed by atoms with Crippen LogP contribution in [0.15, 0.2) is 112 Å². The second-order valence-corrected chi connectivity index (χ2v) is 14.3. The van der Waals surface area contributed by atoms with Crippen molar-refractivity contribution in [3.05, 3.63) is 129 Å². The van der Waals surface area contributed by atoms with Crippen LogP contribution in [0.3, 0.4) is 0 Å². The summed E-state index contributed by atoms with van der Waals surface area (Å²) >= 11 is 9.80. The van der Waals surface area contributed by atoms with E-state index in [9.17, 15) is 31.2 Å². The lowest BCUT2D eigenvalue weighted by Gasteiger charge is -2.34. The summed E-state index contributed by atoms with van der Waals surface area (Å²) in [6.07, 6.45) is -4.13. The van der Waals surface area contributed by atoms with Crippen LogP contribution in [0.5, 0.6) is 0 Å². The van der Waals surface area contributed by atoms with Crippen LogP contribution in [0.2, 0.25) is 5.02 Å². The van der Waals surface area contributed by atoms with Crippen LogP contribution in [0.1, 0.15) is 37.0 Å². The van der Waals surface area contributed by atoms with Gasteiger partial charge in [-0.1, -0.05) is 95.1 Å². The molecule has 0 spiro atoms. The highest BCUT2D eigenvalue weighted by Gasteiger charge is 2.37. The molecule has 48 heavy (non-hydrogen) atoms. The van der Waals surface area contributed by atoms with Crippen molar-refractivity contribution < 1.29 is 31.2 Å². The number of anilines is 1. The molecule has 4 rings (SSSR count). The number of sulfonamides is 1. The van der Waals surface area contributed by atoms with Crippen LogP contribution in [-0.4, -0.2) is 43.8 Å². The van der Waals surface area contributed by atoms with E-state index in [4.69, 9.17) is 11.6 Å². The molecule has 0 fully saturated rings. The molecule has 0 saturated heterocycles. The maximum atomic E-state index is 14.5. The maximum absolute atomic E-state index is 14.5. The zero-order chi connectivity index (χ0) is 35.1. The fraction of sp³-hybridized carbons (Fsp3) is 0.257. The Bertz CT molecular complexity index is 1830. The normalized spacial score (nSPS) is 13.0. The summed E-state index contributed by atoms with van der Waals surface area (Å²) in [7, 11) is -4.65. The number of carbonyl (C=O) groups excluding carboxylic acids is 2. The van der Waals surface area contributed by atoms with Crippen LogP contribution in [0.25, 0.3) is 0 Å². The first-order valence-electron chi connectivity index (χ1n) is 15.0. The highest BCUT2D eigenvalue weighted by molar-refractivity contribution is 9.10. The third-order valence-corrected chi connectivity index (χ3v) is 10.3. The first-order chi connectivity index (χ1) is 22.7. The van der Waals surface area contributed by atoms with Gasteiger partial charge < -0.3 is 10.2 Å². The Kier molecular flexibility index (Phi) is 12.3. The SMILES string of the molecule is CC[C@H](C)NC(=O)[C@H](Cc1ccccc1)N(Cc1cccc(Br)c1)C(=O)CN(c1cc(C(F)(F)F)ccc1Cl)S(=O)(=O)c1ccccc1. The Morgan fingerprint density at radius 1 is 0.896 bits per heavy atom. The second kappa shape index (κ2) is 16.0. The third-order valence-electron chi connectivity index (χ3n) is 7.67. The summed E-state index contributed by atoms with van der Waals surface area (Å²) in [5, 5.41) is 2.62. The molecule has 7 nitrogen and oxygen atoms in total. The predicted octanol–water partition coefficient (Wildman–Crippen LogP) is 7.87. The van der Waals surface area contributed by atoms with Gasteiger partial charge in [0.2, 0.25) is 11.8 Å². The van der Waals surface area contributed by atoms with E-state index in [2.05, 4.69) is 21.2 Å². The van der Waals surface area contributed by atoms with Gasteiger partial charge in [-0.15, -0.1) is 0 Å². The van der Waals surface area contributed by atoms with Gasteiger partial charge in [0, 0.05) is 23.5 Å². The Labute approximate surface area is 291 Å². The molecule has 254 valence electrons. The topological polar surface area (TPSA) is 86.8 Å². The fourth-order valence-corrected chi connectivity index (χ4v) is 7.10. The Morgan fingerprint density at radius 3 is 2.12 bits per heavy atom. The van der Waals surface area contributed by atoms with E-state index >= 15 is 0 Å². The van der Waals surface area contributed by atoms with Crippen molar-refractivity contribution in [1.29, 1.82) is 0 Å². The molecule has 0 aliphatic carbocycles. The van der Waals surface area contributed by atoms with Gasteiger partial charge in [0.15, 0.2) is 0 Å². The number of rotatable bonds is 13.